The van der Waals surface area contributed by atoms with Crippen LogP contribution in [0.5, 0.6) is 0 Å². The summed E-state index contributed by atoms with van der Waals surface area (Å²) in [7, 11) is 3.98. The van der Waals surface area contributed by atoms with Gasteiger partial charge >= 0.3 is 21.1 Å². The molecule has 1 aliphatic carbocycles. The molecule has 1 aliphatic heterocycles. The molecule has 0 aromatic heterocycles. The van der Waals surface area contributed by atoms with Crippen molar-refractivity contribution in [3.05, 3.63) is 14.5 Å². The van der Waals surface area contributed by atoms with E-state index in [0.29, 0.717) is 5.41 Å². The van der Waals surface area contributed by atoms with Crippen molar-refractivity contribution in [3.63, 3.8) is 0 Å². The molecule has 2 fully saturated rings. The summed E-state index contributed by atoms with van der Waals surface area (Å²) in [6.07, 6.45) is 4.31. The Balaban J connectivity index is 0. The SMILES string of the molecule is [CH2-]N1CC[C@]2(CC[C@H]2C)C1.[CH3-].[W+2].[Y]. The average Bonchev–Trinajstić information content (AvgIpc) is 2.31. The number of nitrogens with zero attached hydrogens (tertiary/aromatic N) is 1. The first-order chi connectivity index (χ1) is 4.73. The van der Waals surface area contributed by atoms with E-state index in [9.17, 15) is 0 Å². The Bertz CT molecular complexity index is 154. The van der Waals surface area contributed by atoms with Gasteiger partial charge in [-0.2, -0.15) is 0 Å². The van der Waals surface area contributed by atoms with Gasteiger partial charge in [-0.25, -0.2) is 0 Å². The van der Waals surface area contributed by atoms with Gasteiger partial charge in [0, 0.05) is 32.7 Å². The molecule has 1 saturated carbocycles. The fourth-order valence-corrected chi connectivity index (χ4v) is 2.43. The van der Waals surface area contributed by atoms with Crippen molar-refractivity contribution in [2.45, 2.75) is 26.2 Å². The van der Waals surface area contributed by atoms with Gasteiger partial charge in [0.15, 0.2) is 0 Å². The molecule has 13 heavy (non-hydrogen) atoms. The molecule has 3 heteroatoms. The van der Waals surface area contributed by atoms with Crippen molar-refractivity contribution < 1.29 is 53.8 Å². The van der Waals surface area contributed by atoms with E-state index in [-0.39, 0.29) is 61.2 Å². The minimum atomic E-state index is 0. The van der Waals surface area contributed by atoms with E-state index in [2.05, 4.69) is 18.9 Å². The fraction of sp³-hybridized carbons (Fsp3) is 0.800. The van der Waals surface area contributed by atoms with Gasteiger partial charge in [0.1, 0.15) is 0 Å². The maximum Gasteiger partial charge on any atom is 2.00 e. The first-order valence-electron chi connectivity index (χ1n) is 4.28. The van der Waals surface area contributed by atoms with E-state index < -0.39 is 0 Å². The molecule has 0 unspecified atom stereocenters. The van der Waals surface area contributed by atoms with Crippen LogP contribution in [0.25, 0.3) is 0 Å². The molecule has 0 amide bonds. The minimum Gasteiger partial charge on any atom is -0.459 e. The van der Waals surface area contributed by atoms with Crippen LogP contribution in [0, 0.1) is 25.8 Å². The summed E-state index contributed by atoms with van der Waals surface area (Å²) < 4.78 is 0. The van der Waals surface area contributed by atoms with E-state index in [1.54, 1.807) is 0 Å². The van der Waals surface area contributed by atoms with Crippen LogP contribution in [0.2, 0.25) is 0 Å². The summed E-state index contributed by atoms with van der Waals surface area (Å²) in [6.45, 7) is 4.88. The van der Waals surface area contributed by atoms with Gasteiger partial charge in [-0.15, -0.1) is 0 Å². The standard InChI is InChI=1S/C9H16N.CH3.W.Y/c1-8-3-4-9(8)5-6-10(2)7-9;;;/h8H,2-7H2,1H3;1H3;;/q2*-1;+2;/t8-,9-;;;/m1.../s1. The Morgan fingerprint density at radius 1 is 1.38 bits per heavy atom. The Morgan fingerprint density at radius 2 is 2.00 bits per heavy atom. The molecule has 1 spiro atoms. The van der Waals surface area contributed by atoms with Crippen molar-refractivity contribution in [1.82, 2.24) is 4.90 Å². The molecule has 0 bridgehead atoms. The first-order valence-corrected chi connectivity index (χ1v) is 4.28. The molecule has 1 radical (unpaired) electrons. The summed E-state index contributed by atoms with van der Waals surface area (Å²) in [4.78, 5) is 2.23. The maximum absolute atomic E-state index is 3.98. The van der Waals surface area contributed by atoms with Crippen LogP contribution in [0.4, 0.5) is 0 Å². The Hall–Kier alpha value is 1.75. The average molecular weight is 426 g/mol. The van der Waals surface area contributed by atoms with Crippen LogP contribution in [-0.4, -0.2) is 18.0 Å². The smallest absolute Gasteiger partial charge is 0.459 e. The Kier molecular flexibility index (Phi) is 8.39. The zero-order valence-corrected chi connectivity index (χ0v) is 14.5. The minimum absolute atomic E-state index is 0. The molecular weight excluding hydrogens is 407 g/mol. The third kappa shape index (κ3) is 3.10. The van der Waals surface area contributed by atoms with E-state index >= 15 is 0 Å². The second-order valence-electron chi connectivity index (χ2n) is 4.10. The Morgan fingerprint density at radius 3 is 2.15 bits per heavy atom. The van der Waals surface area contributed by atoms with Gasteiger partial charge in [-0.3, -0.25) is 7.05 Å². The quantitative estimate of drug-likeness (QED) is 0.538. The predicted octanol–water partition coefficient (Wildman–Crippen LogP) is 2.35. The second-order valence-corrected chi connectivity index (χ2v) is 4.10. The normalized spacial score (nSPS) is 36.9. The van der Waals surface area contributed by atoms with Crippen LogP contribution in [-0.2, 0) is 53.8 Å². The van der Waals surface area contributed by atoms with E-state index in [4.69, 9.17) is 0 Å². The van der Waals surface area contributed by atoms with Gasteiger partial charge < -0.3 is 12.3 Å². The molecule has 0 aromatic carbocycles. The third-order valence-electron chi connectivity index (χ3n) is 3.59. The molecule has 2 rings (SSSR count). The molecule has 0 aromatic rings. The largest absolute Gasteiger partial charge is 2.00 e. The third-order valence-corrected chi connectivity index (χ3v) is 3.59. The molecule has 73 valence electrons. The molecule has 0 N–H and O–H groups in total. The van der Waals surface area contributed by atoms with Crippen LogP contribution in [0.15, 0.2) is 0 Å². The molecule has 1 nitrogen and oxygen atoms in total. The zero-order chi connectivity index (χ0) is 7.19. The van der Waals surface area contributed by atoms with Crippen molar-refractivity contribution in [2.24, 2.45) is 11.3 Å². The molecule has 2 aliphatic rings. The topological polar surface area (TPSA) is 3.24 Å². The maximum atomic E-state index is 3.98. The van der Waals surface area contributed by atoms with Crippen LogP contribution < -0.4 is 0 Å². The molecule has 1 saturated heterocycles. The Labute approximate surface area is 123 Å². The van der Waals surface area contributed by atoms with Crippen LogP contribution >= 0.6 is 0 Å². The van der Waals surface area contributed by atoms with Crippen molar-refractivity contribution in [3.8, 4) is 0 Å². The van der Waals surface area contributed by atoms with E-state index in [1.165, 1.54) is 32.4 Å². The monoisotopic (exact) mass is 426 g/mol. The predicted molar refractivity (Wildman–Crippen MR) is 48.8 cm³/mol. The van der Waals surface area contributed by atoms with Gasteiger partial charge in [0.05, 0.1) is 0 Å². The zero-order valence-electron chi connectivity index (χ0n) is 8.75. The van der Waals surface area contributed by atoms with Crippen LogP contribution in [0.3, 0.4) is 0 Å². The van der Waals surface area contributed by atoms with Gasteiger partial charge in [-0.05, 0) is 43.7 Å². The summed E-state index contributed by atoms with van der Waals surface area (Å²) in [5.74, 6) is 0.972. The number of rotatable bonds is 0. The number of likely N-dealkylation sites (tertiary alicyclic amines) is 1. The van der Waals surface area contributed by atoms with Crippen molar-refractivity contribution >= 4 is 0 Å². The molecule has 1 heterocycles. The number of hydrogen-bond acceptors (Lipinski definition) is 1. The van der Waals surface area contributed by atoms with E-state index in [0.717, 1.165) is 5.92 Å². The molecule has 2 atom stereocenters. The van der Waals surface area contributed by atoms with Gasteiger partial charge in [0.25, 0.3) is 0 Å². The summed E-state index contributed by atoms with van der Waals surface area (Å²) in [6, 6.07) is 0. The number of hydrogen-bond donors (Lipinski definition) is 0. The fourth-order valence-electron chi connectivity index (χ4n) is 2.43. The summed E-state index contributed by atoms with van der Waals surface area (Å²) in [5, 5.41) is 0. The van der Waals surface area contributed by atoms with Crippen LogP contribution in [0.1, 0.15) is 26.2 Å². The van der Waals surface area contributed by atoms with Gasteiger partial charge in [0.2, 0.25) is 0 Å². The van der Waals surface area contributed by atoms with Crippen molar-refractivity contribution in [2.75, 3.05) is 13.1 Å². The summed E-state index contributed by atoms with van der Waals surface area (Å²) >= 11 is 0. The second kappa shape index (κ2) is 6.36. The van der Waals surface area contributed by atoms with Gasteiger partial charge in [-0.1, -0.05) is 6.92 Å². The summed E-state index contributed by atoms with van der Waals surface area (Å²) in [5.41, 5.74) is 0.710. The first kappa shape index (κ1) is 17.2. The molecular formula is C10H19NWY. The van der Waals surface area contributed by atoms with Crippen molar-refractivity contribution in [1.29, 1.82) is 0 Å². The van der Waals surface area contributed by atoms with E-state index in [1.807, 2.05) is 0 Å².